The van der Waals surface area contributed by atoms with Crippen LogP contribution in [0.5, 0.6) is 0 Å². The van der Waals surface area contributed by atoms with Crippen LogP contribution in [0.15, 0.2) is 21.0 Å². The fourth-order valence-electron chi connectivity index (χ4n) is 1.53. The average molecular weight is 239 g/mol. The van der Waals surface area contributed by atoms with Crippen LogP contribution in [0.1, 0.15) is 16.9 Å². The minimum absolute atomic E-state index is 0.968. The lowest BCUT2D eigenvalue weighted by Crippen LogP contribution is -1.82. The Morgan fingerprint density at radius 2 is 1.77 bits per heavy atom. The molecule has 0 atom stereocenters. The minimum Gasteiger partial charge on any atom is -0.461 e. The zero-order valence-corrected chi connectivity index (χ0v) is 9.53. The first-order chi connectivity index (χ1) is 6.09. The molecule has 0 spiro atoms. The molecule has 0 N–H and O–H groups in total. The molecular formula is C11H11BrO. The summed E-state index contributed by atoms with van der Waals surface area (Å²) < 4.78 is 6.76. The standard InChI is InChI=1S/C11H11BrO/c1-6-4-9-5-10(12)7(2)8(3)11(9)13-6/h4-5H,1-3H3. The van der Waals surface area contributed by atoms with E-state index < -0.39 is 0 Å². The summed E-state index contributed by atoms with van der Waals surface area (Å²) in [7, 11) is 0. The van der Waals surface area contributed by atoms with Gasteiger partial charge in [0.1, 0.15) is 11.3 Å². The van der Waals surface area contributed by atoms with E-state index in [-0.39, 0.29) is 0 Å². The average Bonchev–Trinajstić information content (AvgIpc) is 2.42. The van der Waals surface area contributed by atoms with Crippen molar-refractivity contribution in [1.29, 1.82) is 0 Å². The molecule has 0 fully saturated rings. The van der Waals surface area contributed by atoms with Crippen molar-refractivity contribution in [3.8, 4) is 0 Å². The first-order valence-corrected chi connectivity index (χ1v) is 5.04. The first-order valence-electron chi connectivity index (χ1n) is 4.25. The Hall–Kier alpha value is -0.760. The van der Waals surface area contributed by atoms with Crippen LogP contribution in [0.25, 0.3) is 11.0 Å². The Kier molecular flexibility index (Phi) is 1.95. The third kappa shape index (κ3) is 1.29. The number of fused-ring (bicyclic) bond motifs is 1. The fraction of sp³-hybridized carbons (Fsp3) is 0.273. The molecule has 2 rings (SSSR count). The fourth-order valence-corrected chi connectivity index (χ4v) is 2.07. The highest BCUT2D eigenvalue weighted by Crippen LogP contribution is 2.30. The lowest BCUT2D eigenvalue weighted by atomic mass is 10.1. The molecule has 0 aliphatic carbocycles. The molecule has 2 heteroatoms. The van der Waals surface area contributed by atoms with E-state index in [1.165, 1.54) is 16.5 Å². The highest BCUT2D eigenvalue weighted by Gasteiger charge is 2.08. The number of rotatable bonds is 0. The summed E-state index contributed by atoms with van der Waals surface area (Å²) in [6.07, 6.45) is 0. The molecule has 0 aliphatic rings. The summed E-state index contributed by atoms with van der Waals surface area (Å²) >= 11 is 3.53. The molecule has 13 heavy (non-hydrogen) atoms. The zero-order chi connectivity index (χ0) is 9.59. The molecule has 0 saturated heterocycles. The molecule has 0 aliphatic heterocycles. The minimum atomic E-state index is 0.968. The predicted molar refractivity (Wildman–Crippen MR) is 58.1 cm³/mol. The van der Waals surface area contributed by atoms with Crippen molar-refractivity contribution in [1.82, 2.24) is 0 Å². The molecule has 1 aromatic carbocycles. The molecule has 0 unspecified atom stereocenters. The second kappa shape index (κ2) is 2.88. The van der Waals surface area contributed by atoms with Gasteiger partial charge in [0.2, 0.25) is 0 Å². The van der Waals surface area contributed by atoms with Crippen molar-refractivity contribution in [3.05, 3.63) is 33.5 Å². The topological polar surface area (TPSA) is 13.1 Å². The maximum absolute atomic E-state index is 5.61. The van der Waals surface area contributed by atoms with Crippen molar-refractivity contribution >= 4 is 26.9 Å². The summed E-state index contributed by atoms with van der Waals surface area (Å²) in [4.78, 5) is 0. The number of hydrogen-bond donors (Lipinski definition) is 0. The molecule has 0 bridgehead atoms. The van der Waals surface area contributed by atoms with Gasteiger partial charge >= 0.3 is 0 Å². The summed E-state index contributed by atoms with van der Waals surface area (Å²) in [6.45, 7) is 6.16. The van der Waals surface area contributed by atoms with Crippen LogP contribution < -0.4 is 0 Å². The summed E-state index contributed by atoms with van der Waals surface area (Å²) in [5, 5.41) is 1.17. The van der Waals surface area contributed by atoms with Gasteiger partial charge in [0, 0.05) is 9.86 Å². The highest BCUT2D eigenvalue weighted by molar-refractivity contribution is 9.10. The van der Waals surface area contributed by atoms with E-state index >= 15 is 0 Å². The number of aryl methyl sites for hydroxylation is 2. The largest absolute Gasteiger partial charge is 0.461 e. The Labute approximate surface area is 85.9 Å². The Balaban J connectivity index is 2.92. The van der Waals surface area contributed by atoms with Crippen molar-refractivity contribution in [2.45, 2.75) is 20.8 Å². The molecule has 1 heterocycles. The van der Waals surface area contributed by atoms with E-state index in [1.807, 2.05) is 6.92 Å². The number of benzene rings is 1. The zero-order valence-electron chi connectivity index (χ0n) is 7.94. The Morgan fingerprint density at radius 1 is 1.08 bits per heavy atom. The van der Waals surface area contributed by atoms with Crippen LogP contribution in [0, 0.1) is 20.8 Å². The van der Waals surface area contributed by atoms with E-state index in [0.717, 1.165) is 15.8 Å². The lowest BCUT2D eigenvalue weighted by molar-refractivity contribution is 0.576. The van der Waals surface area contributed by atoms with E-state index in [1.54, 1.807) is 0 Å². The van der Waals surface area contributed by atoms with Gasteiger partial charge in [-0.25, -0.2) is 0 Å². The summed E-state index contributed by atoms with van der Waals surface area (Å²) in [5.74, 6) is 0.968. The van der Waals surface area contributed by atoms with Gasteiger partial charge in [-0.15, -0.1) is 0 Å². The maximum atomic E-state index is 5.61. The smallest absolute Gasteiger partial charge is 0.137 e. The molecule has 0 radical (unpaired) electrons. The highest BCUT2D eigenvalue weighted by atomic mass is 79.9. The third-order valence-electron chi connectivity index (χ3n) is 2.43. The third-order valence-corrected chi connectivity index (χ3v) is 3.25. The molecule has 2 aromatic rings. The SMILES string of the molecule is Cc1cc2cc(Br)c(C)c(C)c2o1. The Bertz CT molecular complexity index is 468. The quantitative estimate of drug-likeness (QED) is 0.673. The van der Waals surface area contributed by atoms with E-state index in [2.05, 4.69) is 41.9 Å². The molecular weight excluding hydrogens is 228 g/mol. The first kappa shape index (κ1) is 8.82. The molecule has 1 aromatic heterocycles. The van der Waals surface area contributed by atoms with Gasteiger partial charge in [0.15, 0.2) is 0 Å². The van der Waals surface area contributed by atoms with Gasteiger partial charge in [-0.05, 0) is 44.0 Å². The van der Waals surface area contributed by atoms with Crippen molar-refractivity contribution in [3.63, 3.8) is 0 Å². The van der Waals surface area contributed by atoms with Crippen molar-refractivity contribution in [2.75, 3.05) is 0 Å². The van der Waals surface area contributed by atoms with Gasteiger partial charge in [0.25, 0.3) is 0 Å². The monoisotopic (exact) mass is 238 g/mol. The second-order valence-corrected chi connectivity index (χ2v) is 4.24. The van der Waals surface area contributed by atoms with Crippen LogP contribution in [0.2, 0.25) is 0 Å². The van der Waals surface area contributed by atoms with Crippen LogP contribution in [-0.4, -0.2) is 0 Å². The van der Waals surface area contributed by atoms with Crippen LogP contribution in [-0.2, 0) is 0 Å². The predicted octanol–water partition coefficient (Wildman–Crippen LogP) is 4.12. The van der Waals surface area contributed by atoms with Gasteiger partial charge in [-0.1, -0.05) is 15.9 Å². The molecule has 68 valence electrons. The summed E-state index contributed by atoms with van der Waals surface area (Å²) in [6, 6.07) is 4.17. The van der Waals surface area contributed by atoms with Gasteiger partial charge < -0.3 is 4.42 Å². The van der Waals surface area contributed by atoms with Crippen LogP contribution >= 0.6 is 15.9 Å². The van der Waals surface area contributed by atoms with Crippen LogP contribution in [0.4, 0.5) is 0 Å². The van der Waals surface area contributed by atoms with Crippen molar-refractivity contribution in [2.24, 2.45) is 0 Å². The van der Waals surface area contributed by atoms with Crippen LogP contribution in [0.3, 0.4) is 0 Å². The van der Waals surface area contributed by atoms with Gasteiger partial charge in [-0.2, -0.15) is 0 Å². The van der Waals surface area contributed by atoms with E-state index in [9.17, 15) is 0 Å². The van der Waals surface area contributed by atoms with Gasteiger partial charge in [0.05, 0.1) is 0 Å². The molecule has 0 saturated carbocycles. The van der Waals surface area contributed by atoms with E-state index in [4.69, 9.17) is 4.42 Å². The maximum Gasteiger partial charge on any atom is 0.137 e. The number of halogens is 1. The number of hydrogen-bond acceptors (Lipinski definition) is 1. The Morgan fingerprint density at radius 3 is 2.46 bits per heavy atom. The molecule has 1 nitrogen and oxygen atoms in total. The normalized spacial score (nSPS) is 11.1. The van der Waals surface area contributed by atoms with E-state index in [0.29, 0.717) is 0 Å². The molecule has 0 amide bonds. The summed E-state index contributed by atoms with van der Waals surface area (Å²) in [5.41, 5.74) is 3.48. The van der Waals surface area contributed by atoms with Gasteiger partial charge in [-0.3, -0.25) is 0 Å². The van der Waals surface area contributed by atoms with Crippen molar-refractivity contribution < 1.29 is 4.42 Å². The second-order valence-electron chi connectivity index (χ2n) is 3.38. The number of furan rings is 1. The lowest BCUT2D eigenvalue weighted by Gasteiger charge is -2.02.